The van der Waals surface area contributed by atoms with Crippen molar-refractivity contribution in [3.63, 3.8) is 0 Å². The number of nitrogens with one attached hydrogen (secondary N) is 3. The van der Waals surface area contributed by atoms with Crippen LogP contribution in [0, 0.1) is 13.8 Å². The van der Waals surface area contributed by atoms with Crippen LogP contribution in [0.15, 0.2) is 30.3 Å². The van der Waals surface area contributed by atoms with E-state index in [1.165, 1.54) is 0 Å². The summed E-state index contributed by atoms with van der Waals surface area (Å²) in [7, 11) is 0. The van der Waals surface area contributed by atoms with E-state index in [0.717, 1.165) is 40.0 Å². The van der Waals surface area contributed by atoms with Crippen molar-refractivity contribution in [3.05, 3.63) is 53.0 Å². The Labute approximate surface area is 135 Å². The third kappa shape index (κ3) is 3.44. The lowest BCUT2D eigenvalue weighted by atomic mass is 10.1. The zero-order valence-electron chi connectivity index (χ0n) is 13.7. The highest BCUT2D eigenvalue weighted by Crippen LogP contribution is 2.22. The first kappa shape index (κ1) is 15.3. The lowest BCUT2D eigenvalue weighted by molar-refractivity contribution is -0.121. The number of hydrogen-bond acceptors (Lipinski definition) is 2. The van der Waals surface area contributed by atoms with Gasteiger partial charge in [0, 0.05) is 34.8 Å². The van der Waals surface area contributed by atoms with Gasteiger partial charge in [-0.2, -0.15) is 5.10 Å². The molecule has 0 radical (unpaired) electrons. The molecule has 0 aliphatic rings. The van der Waals surface area contributed by atoms with Crippen LogP contribution in [-0.4, -0.2) is 27.1 Å². The number of aryl methyl sites for hydroxylation is 2. The third-order valence-corrected chi connectivity index (χ3v) is 4.05. The van der Waals surface area contributed by atoms with Crippen molar-refractivity contribution in [1.82, 2.24) is 20.5 Å². The van der Waals surface area contributed by atoms with E-state index < -0.39 is 0 Å². The van der Waals surface area contributed by atoms with Gasteiger partial charge in [-0.25, -0.2) is 0 Å². The molecule has 0 unspecified atom stereocenters. The first-order valence-corrected chi connectivity index (χ1v) is 7.89. The van der Waals surface area contributed by atoms with Crippen LogP contribution in [0.4, 0.5) is 0 Å². The molecule has 5 heteroatoms. The van der Waals surface area contributed by atoms with E-state index >= 15 is 0 Å². The minimum Gasteiger partial charge on any atom is -0.358 e. The normalized spacial score (nSPS) is 12.5. The molecule has 0 saturated heterocycles. The van der Waals surface area contributed by atoms with Crippen molar-refractivity contribution >= 4 is 16.8 Å². The number of rotatable bonds is 5. The number of hydrogen-bond donors (Lipinski definition) is 3. The van der Waals surface area contributed by atoms with Crippen molar-refractivity contribution in [2.45, 2.75) is 39.7 Å². The van der Waals surface area contributed by atoms with Gasteiger partial charge in [-0.05, 0) is 38.5 Å². The van der Waals surface area contributed by atoms with Crippen molar-refractivity contribution in [2.75, 3.05) is 0 Å². The summed E-state index contributed by atoms with van der Waals surface area (Å²) in [6.45, 7) is 5.99. The molecule has 0 aliphatic carbocycles. The van der Waals surface area contributed by atoms with Crippen molar-refractivity contribution in [1.29, 1.82) is 0 Å². The Morgan fingerprint density at radius 3 is 2.83 bits per heavy atom. The Morgan fingerprint density at radius 2 is 2.09 bits per heavy atom. The van der Waals surface area contributed by atoms with Crippen molar-refractivity contribution < 1.29 is 4.79 Å². The van der Waals surface area contributed by atoms with Gasteiger partial charge < -0.3 is 10.3 Å². The average Bonchev–Trinajstić information content (AvgIpc) is 3.03. The summed E-state index contributed by atoms with van der Waals surface area (Å²) in [5, 5.41) is 11.3. The largest absolute Gasteiger partial charge is 0.358 e. The highest BCUT2D eigenvalue weighted by Gasteiger charge is 2.14. The summed E-state index contributed by atoms with van der Waals surface area (Å²) in [6, 6.07) is 10.1. The summed E-state index contributed by atoms with van der Waals surface area (Å²) in [5.41, 5.74) is 5.21. The predicted molar refractivity (Wildman–Crippen MR) is 91.4 cm³/mol. The minimum absolute atomic E-state index is 0.0395. The molecule has 0 aliphatic heterocycles. The Bertz CT molecular complexity index is 831. The average molecular weight is 310 g/mol. The monoisotopic (exact) mass is 310 g/mol. The molecule has 0 bridgehead atoms. The van der Waals surface area contributed by atoms with Crippen LogP contribution in [-0.2, 0) is 17.6 Å². The van der Waals surface area contributed by atoms with Gasteiger partial charge in [-0.1, -0.05) is 18.2 Å². The minimum atomic E-state index is 0.0395. The highest BCUT2D eigenvalue weighted by atomic mass is 16.1. The number of carbonyl (C=O) groups is 1. The SMILES string of the molecule is Cc1cc(C[C@H](C)NC(=O)Cc2c(C)[nH]c3ccccc23)n[nH]1. The van der Waals surface area contributed by atoms with Crippen LogP contribution < -0.4 is 5.32 Å². The molecule has 23 heavy (non-hydrogen) atoms. The summed E-state index contributed by atoms with van der Waals surface area (Å²) in [4.78, 5) is 15.7. The molecular weight excluding hydrogens is 288 g/mol. The maximum Gasteiger partial charge on any atom is 0.224 e. The topological polar surface area (TPSA) is 73.6 Å². The van der Waals surface area contributed by atoms with Crippen LogP contribution in [0.5, 0.6) is 0 Å². The quantitative estimate of drug-likeness (QED) is 0.678. The van der Waals surface area contributed by atoms with E-state index in [4.69, 9.17) is 0 Å². The number of nitrogens with zero attached hydrogens (tertiary/aromatic N) is 1. The fraction of sp³-hybridized carbons (Fsp3) is 0.333. The van der Waals surface area contributed by atoms with Crippen LogP contribution in [0.1, 0.15) is 29.6 Å². The molecule has 2 heterocycles. The van der Waals surface area contributed by atoms with Gasteiger partial charge in [0.05, 0.1) is 12.1 Å². The summed E-state index contributed by atoms with van der Waals surface area (Å²) >= 11 is 0. The Kier molecular flexibility index (Phi) is 4.19. The Balaban J connectivity index is 1.65. The molecule has 3 N–H and O–H groups in total. The van der Waals surface area contributed by atoms with Crippen LogP contribution in [0.25, 0.3) is 10.9 Å². The molecule has 1 amide bonds. The van der Waals surface area contributed by atoms with E-state index in [-0.39, 0.29) is 11.9 Å². The summed E-state index contributed by atoms with van der Waals surface area (Å²) in [5.74, 6) is 0.0395. The zero-order chi connectivity index (χ0) is 16.4. The molecule has 120 valence electrons. The Morgan fingerprint density at radius 1 is 1.30 bits per heavy atom. The predicted octanol–water partition coefficient (Wildman–Crippen LogP) is 2.80. The number of H-pyrrole nitrogens is 2. The molecule has 2 aromatic heterocycles. The van der Waals surface area contributed by atoms with Gasteiger partial charge in [0.25, 0.3) is 0 Å². The maximum absolute atomic E-state index is 12.4. The molecule has 3 rings (SSSR count). The number of aromatic nitrogens is 3. The molecule has 1 atom stereocenters. The standard InChI is InChI=1S/C18H22N4O/c1-11(8-14-9-12(2)21-22-14)19-18(23)10-16-13(3)20-17-7-5-4-6-15(16)17/h4-7,9,11,20H,8,10H2,1-3H3,(H,19,23)(H,21,22)/t11-/m0/s1. The van der Waals surface area contributed by atoms with E-state index in [1.54, 1.807) is 0 Å². The highest BCUT2D eigenvalue weighted by molar-refractivity contribution is 5.90. The van der Waals surface area contributed by atoms with Gasteiger partial charge in [-0.3, -0.25) is 9.89 Å². The smallest absolute Gasteiger partial charge is 0.224 e. The van der Waals surface area contributed by atoms with Crippen molar-refractivity contribution in [2.24, 2.45) is 0 Å². The number of para-hydroxylation sites is 1. The number of amides is 1. The molecule has 5 nitrogen and oxygen atoms in total. The van der Waals surface area contributed by atoms with E-state index in [0.29, 0.717) is 6.42 Å². The molecule has 1 aromatic carbocycles. The van der Waals surface area contributed by atoms with Gasteiger partial charge in [0.1, 0.15) is 0 Å². The van der Waals surface area contributed by atoms with Gasteiger partial charge in [0.2, 0.25) is 5.91 Å². The molecule has 0 spiro atoms. The zero-order valence-corrected chi connectivity index (χ0v) is 13.7. The van der Waals surface area contributed by atoms with E-state index in [2.05, 4.69) is 26.6 Å². The number of fused-ring (bicyclic) bond motifs is 1. The number of benzene rings is 1. The van der Waals surface area contributed by atoms with E-state index in [9.17, 15) is 4.79 Å². The maximum atomic E-state index is 12.4. The lowest BCUT2D eigenvalue weighted by Crippen LogP contribution is -2.35. The van der Waals surface area contributed by atoms with Gasteiger partial charge in [-0.15, -0.1) is 0 Å². The molecular formula is C18H22N4O. The first-order chi connectivity index (χ1) is 11.0. The second kappa shape index (κ2) is 6.28. The van der Waals surface area contributed by atoms with Crippen LogP contribution in [0.3, 0.4) is 0 Å². The molecule has 0 saturated carbocycles. The summed E-state index contributed by atoms with van der Waals surface area (Å²) < 4.78 is 0. The van der Waals surface area contributed by atoms with Gasteiger partial charge >= 0.3 is 0 Å². The van der Waals surface area contributed by atoms with E-state index in [1.807, 2.05) is 45.0 Å². The van der Waals surface area contributed by atoms with Crippen LogP contribution in [0.2, 0.25) is 0 Å². The Hall–Kier alpha value is -2.56. The number of aromatic amines is 2. The van der Waals surface area contributed by atoms with Crippen LogP contribution >= 0.6 is 0 Å². The second-order valence-electron chi connectivity index (χ2n) is 6.17. The lowest BCUT2D eigenvalue weighted by Gasteiger charge is -2.12. The molecule has 3 aromatic rings. The fourth-order valence-electron chi connectivity index (χ4n) is 2.99. The summed E-state index contributed by atoms with van der Waals surface area (Å²) in [6.07, 6.45) is 1.11. The van der Waals surface area contributed by atoms with Gasteiger partial charge in [0.15, 0.2) is 0 Å². The van der Waals surface area contributed by atoms with Crippen molar-refractivity contribution in [3.8, 4) is 0 Å². The first-order valence-electron chi connectivity index (χ1n) is 7.89. The second-order valence-corrected chi connectivity index (χ2v) is 6.17. The fourth-order valence-corrected chi connectivity index (χ4v) is 2.99. The molecule has 0 fully saturated rings. The number of carbonyl (C=O) groups excluding carboxylic acids is 1. The third-order valence-electron chi connectivity index (χ3n) is 4.05.